The van der Waals surface area contributed by atoms with Crippen molar-refractivity contribution in [3.8, 4) is 0 Å². The third-order valence-electron chi connectivity index (χ3n) is 0.523. The summed E-state index contributed by atoms with van der Waals surface area (Å²) >= 11 is 0. The van der Waals surface area contributed by atoms with E-state index >= 15 is 0 Å². The molecule has 0 aromatic rings. The van der Waals surface area contributed by atoms with E-state index in [1.165, 1.54) is 7.11 Å². The zero-order valence-corrected chi connectivity index (χ0v) is 4.64. The monoisotopic (exact) mass is 97.1 g/mol. The summed E-state index contributed by atoms with van der Waals surface area (Å²) in [5.74, 6) is 0.252. The van der Waals surface area contributed by atoms with E-state index in [0.717, 1.165) is 0 Å². The van der Waals surface area contributed by atoms with Gasteiger partial charge in [0, 0.05) is 6.54 Å². The van der Waals surface area contributed by atoms with Gasteiger partial charge in [-0.3, -0.25) is 4.99 Å². The Balaban J connectivity index is 3.29. The van der Waals surface area contributed by atoms with Crippen LogP contribution < -0.4 is 0 Å². The van der Waals surface area contributed by atoms with Crippen LogP contribution in [0.15, 0.2) is 4.99 Å². The Morgan fingerprint density at radius 1 is 1.86 bits per heavy atom. The lowest BCUT2D eigenvalue weighted by Gasteiger charge is -1.93. The van der Waals surface area contributed by atoms with Crippen molar-refractivity contribution in [1.29, 1.82) is 0 Å². The van der Waals surface area contributed by atoms with Crippen molar-refractivity contribution in [3.63, 3.8) is 0 Å². The second-order valence-corrected chi connectivity index (χ2v) is 1.02. The van der Waals surface area contributed by atoms with Gasteiger partial charge >= 0.3 is 0 Å². The molecule has 0 aliphatic rings. The van der Waals surface area contributed by atoms with Crippen LogP contribution in [-0.2, 0) is 4.74 Å². The quantitative estimate of drug-likeness (QED) is 0.259. The molecule has 0 aliphatic heterocycles. The number of hydrogen-bond donors (Lipinski definition) is 0. The SMILES string of the molecule is [B]C(=NCC)OC. The van der Waals surface area contributed by atoms with Gasteiger partial charge in [0.2, 0.25) is 0 Å². The molecule has 0 aromatic heterocycles. The van der Waals surface area contributed by atoms with E-state index in [4.69, 9.17) is 7.85 Å². The van der Waals surface area contributed by atoms with Crippen LogP contribution >= 0.6 is 0 Å². The first-order valence-corrected chi connectivity index (χ1v) is 2.15. The summed E-state index contributed by atoms with van der Waals surface area (Å²) < 4.78 is 4.52. The molecule has 38 valence electrons. The lowest BCUT2D eigenvalue weighted by atomic mass is 10.2. The van der Waals surface area contributed by atoms with Gasteiger partial charge < -0.3 is 4.74 Å². The van der Waals surface area contributed by atoms with Gasteiger partial charge in [-0.1, -0.05) is 0 Å². The van der Waals surface area contributed by atoms with Crippen LogP contribution in [-0.4, -0.2) is 27.3 Å². The molecule has 0 fully saturated rings. The number of hydrogen-bond acceptors (Lipinski definition) is 2. The lowest BCUT2D eigenvalue weighted by molar-refractivity contribution is 0.412. The predicted molar refractivity (Wildman–Crippen MR) is 30.7 cm³/mol. The van der Waals surface area contributed by atoms with Gasteiger partial charge in [-0.2, -0.15) is 0 Å². The molecule has 0 saturated heterocycles. The summed E-state index contributed by atoms with van der Waals surface area (Å²) in [6.07, 6.45) is 0. The van der Waals surface area contributed by atoms with Gasteiger partial charge in [0.1, 0.15) is 5.80 Å². The normalized spacial score (nSPS) is 11.4. The molecule has 0 unspecified atom stereocenters. The minimum Gasteiger partial charge on any atom is -0.495 e. The number of ether oxygens (including phenoxy) is 1. The summed E-state index contributed by atoms with van der Waals surface area (Å²) in [5.41, 5.74) is 0. The topological polar surface area (TPSA) is 21.6 Å². The molecular formula is C4H8BNO. The summed E-state index contributed by atoms with van der Waals surface area (Å²) in [4.78, 5) is 3.72. The Morgan fingerprint density at radius 2 is 2.43 bits per heavy atom. The Bertz CT molecular complexity index is 72.1. The summed E-state index contributed by atoms with van der Waals surface area (Å²) in [6, 6.07) is 0. The predicted octanol–water partition coefficient (Wildman–Crippen LogP) is 0.177. The lowest BCUT2D eigenvalue weighted by Crippen LogP contribution is -1.99. The van der Waals surface area contributed by atoms with Crippen LogP contribution in [0, 0.1) is 0 Å². The molecule has 0 spiro atoms. The Labute approximate surface area is 45.0 Å². The van der Waals surface area contributed by atoms with Crippen LogP contribution in [0.5, 0.6) is 0 Å². The van der Waals surface area contributed by atoms with Crippen LogP contribution in [0.2, 0.25) is 0 Å². The summed E-state index contributed by atoms with van der Waals surface area (Å²) in [5, 5.41) is 0. The fourth-order valence-electron chi connectivity index (χ4n) is 0.220. The molecule has 0 rings (SSSR count). The van der Waals surface area contributed by atoms with E-state index in [0.29, 0.717) is 6.54 Å². The maximum Gasteiger partial charge on any atom is 0.195 e. The maximum absolute atomic E-state index is 5.11. The molecular weight excluding hydrogens is 88.9 g/mol. The second kappa shape index (κ2) is 3.72. The molecule has 0 saturated carbocycles. The van der Waals surface area contributed by atoms with Crippen LogP contribution in [0.3, 0.4) is 0 Å². The first-order valence-electron chi connectivity index (χ1n) is 2.15. The summed E-state index contributed by atoms with van der Waals surface area (Å²) in [6.45, 7) is 2.57. The highest BCUT2D eigenvalue weighted by Crippen LogP contribution is 1.70. The molecule has 0 heterocycles. The minimum atomic E-state index is 0.252. The summed E-state index contributed by atoms with van der Waals surface area (Å²) in [7, 11) is 6.61. The third kappa shape index (κ3) is 3.36. The van der Waals surface area contributed by atoms with Crippen molar-refractivity contribution < 1.29 is 4.74 Å². The number of nitrogens with zero attached hydrogens (tertiary/aromatic N) is 1. The highest BCUT2D eigenvalue weighted by molar-refractivity contribution is 6.56. The average Bonchev–Trinajstić information content (AvgIpc) is 1.68. The Morgan fingerprint density at radius 3 is 2.57 bits per heavy atom. The van der Waals surface area contributed by atoms with Gasteiger partial charge in [0.25, 0.3) is 0 Å². The smallest absolute Gasteiger partial charge is 0.195 e. The van der Waals surface area contributed by atoms with E-state index in [-0.39, 0.29) is 5.80 Å². The molecule has 0 amide bonds. The number of aliphatic imine (C=N–C) groups is 1. The van der Waals surface area contributed by atoms with Crippen molar-refractivity contribution in [2.75, 3.05) is 13.7 Å². The zero-order valence-electron chi connectivity index (χ0n) is 4.64. The molecule has 0 aromatic carbocycles. The van der Waals surface area contributed by atoms with Gasteiger partial charge in [-0.05, 0) is 6.92 Å². The number of methoxy groups -OCH3 is 1. The van der Waals surface area contributed by atoms with E-state index in [1.807, 2.05) is 6.92 Å². The number of rotatable bonds is 1. The molecule has 2 nitrogen and oxygen atoms in total. The fraction of sp³-hybridized carbons (Fsp3) is 0.750. The van der Waals surface area contributed by atoms with E-state index < -0.39 is 0 Å². The maximum atomic E-state index is 5.11. The van der Waals surface area contributed by atoms with E-state index in [1.54, 1.807) is 0 Å². The van der Waals surface area contributed by atoms with Crippen LogP contribution in [0.4, 0.5) is 0 Å². The van der Waals surface area contributed by atoms with Crippen LogP contribution in [0.1, 0.15) is 6.92 Å². The largest absolute Gasteiger partial charge is 0.495 e. The minimum absolute atomic E-state index is 0.252. The van der Waals surface area contributed by atoms with Gasteiger partial charge in [0.05, 0.1) is 7.11 Å². The van der Waals surface area contributed by atoms with Gasteiger partial charge in [-0.15, -0.1) is 0 Å². The van der Waals surface area contributed by atoms with Gasteiger partial charge in [-0.25, -0.2) is 0 Å². The zero-order chi connectivity index (χ0) is 5.70. The molecule has 0 atom stereocenters. The molecule has 0 N–H and O–H groups in total. The average molecular weight is 96.9 g/mol. The molecule has 7 heavy (non-hydrogen) atoms. The molecule has 0 bridgehead atoms. The van der Waals surface area contributed by atoms with Gasteiger partial charge in [0.15, 0.2) is 7.85 Å². The van der Waals surface area contributed by atoms with E-state index in [9.17, 15) is 0 Å². The van der Waals surface area contributed by atoms with Crippen molar-refractivity contribution in [2.45, 2.75) is 6.92 Å². The van der Waals surface area contributed by atoms with Crippen molar-refractivity contribution in [2.24, 2.45) is 4.99 Å². The third-order valence-corrected chi connectivity index (χ3v) is 0.523. The highest BCUT2D eigenvalue weighted by atomic mass is 16.5. The van der Waals surface area contributed by atoms with Crippen molar-refractivity contribution >= 4 is 13.6 Å². The van der Waals surface area contributed by atoms with E-state index in [2.05, 4.69) is 9.73 Å². The second-order valence-electron chi connectivity index (χ2n) is 1.02. The molecule has 2 radical (unpaired) electrons. The Hall–Kier alpha value is -0.465. The molecule has 0 aliphatic carbocycles. The fourth-order valence-corrected chi connectivity index (χ4v) is 0.220. The molecule has 3 heteroatoms. The first kappa shape index (κ1) is 6.53. The van der Waals surface area contributed by atoms with Crippen molar-refractivity contribution in [3.05, 3.63) is 0 Å². The van der Waals surface area contributed by atoms with Crippen LogP contribution in [0.25, 0.3) is 0 Å². The Kier molecular flexibility index (Phi) is 3.47. The first-order chi connectivity index (χ1) is 3.31. The highest BCUT2D eigenvalue weighted by Gasteiger charge is 1.77. The standard InChI is InChI=1S/C4H8BNO/c1-3-6-4(5)7-2/h3H2,1-2H3. The van der Waals surface area contributed by atoms with Crippen molar-refractivity contribution in [1.82, 2.24) is 0 Å².